The molecular formula is C11H16BrO4P. The van der Waals surface area contributed by atoms with E-state index in [1.54, 1.807) is 13.8 Å². The van der Waals surface area contributed by atoms with Crippen molar-refractivity contribution in [1.82, 2.24) is 0 Å². The highest BCUT2D eigenvalue weighted by Gasteiger charge is 2.25. The molecule has 0 atom stereocenters. The Morgan fingerprint density at radius 3 is 2.35 bits per heavy atom. The zero-order chi connectivity index (χ0) is 12.7. The van der Waals surface area contributed by atoms with Gasteiger partial charge in [-0.1, -0.05) is 28.1 Å². The zero-order valence-electron chi connectivity index (χ0n) is 9.89. The van der Waals surface area contributed by atoms with Crippen LogP contribution in [0.2, 0.25) is 0 Å². The summed E-state index contributed by atoms with van der Waals surface area (Å²) >= 11 is 3.36. The molecule has 0 N–H and O–H groups in total. The van der Waals surface area contributed by atoms with E-state index in [0.29, 0.717) is 0 Å². The molecule has 0 aliphatic rings. The molecule has 0 bridgehead atoms. The number of phosphoric acid groups is 1. The van der Waals surface area contributed by atoms with E-state index in [-0.39, 0.29) is 19.8 Å². The van der Waals surface area contributed by atoms with Gasteiger partial charge >= 0.3 is 7.82 Å². The Hall–Kier alpha value is -0.190. The number of rotatable bonds is 7. The van der Waals surface area contributed by atoms with Gasteiger partial charge in [0.15, 0.2) is 0 Å². The average Bonchev–Trinajstić information content (AvgIpc) is 2.27. The SMILES string of the molecule is CCOP(=O)(OCC)OCc1cccc(Br)c1. The van der Waals surface area contributed by atoms with Crippen molar-refractivity contribution in [2.75, 3.05) is 13.2 Å². The smallest absolute Gasteiger partial charge is 0.287 e. The number of hydrogen-bond acceptors (Lipinski definition) is 4. The van der Waals surface area contributed by atoms with Gasteiger partial charge in [0, 0.05) is 4.47 Å². The third-order valence-electron chi connectivity index (χ3n) is 1.85. The van der Waals surface area contributed by atoms with Crippen LogP contribution in [0.4, 0.5) is 0 Å². The predicted molar refractivity (Wildman–Crippen MR) is 69.8 cm³/mol. The summed E-state index contributed by atoms with van der Waals surface area (Å²) in [6.07, 6.45) is 0. The molecule has 0 unspecified atom stereocenters. The molecule has 1 aromatic rings. The summed E-state index contributed by atoms with van der Waals surface area (Å²) < 4.78 is 28.2. The molecule has 1 rings (SSSR count). The minimum atomic E-state index is -3.42. The van der Waals surface area contributed by atoms with Gasteiger partial charge in [-0.3, -0.25) is 13.6 Å². The quantitative estimate of drug-likeness (QED) is 0.707. The third-order valence-corrected chi connectivity index (χ3v) is 3.94. The standard InChI is InChI=1S/C11H16BrO4P/c1-3-14-17(13,15-4-2)16-9-10-6-5-7-11(12)8-10/h5-8H,3-4,9H2,1-2H3. The fourth-order valence-electron chi connectivity index (χ4n) is 1.21. The Morgan fingerprint density at radius 2 is 1.82 bits per heavy atom. The van der Waals surface area contributed by atoms with Crippen LogP contribution in [-0.4, -0.2) is 13.2 Å². The second-order valence-electron chi connectivity index (χ2n) is 3.19. The molecule has 0 heterocycles. The number of benzene rings is 1. The minimum absolute atomic E-state index is 0.191. The van der Waals surface area contributed by atoms with Gasteiger partial charge in [0.05, 0.1) is 19.8 Å². The van der Waals surface area contributed by atoms with Crippen molar-refractivity contribution >= 4 is 23.8 Å². The highest BCUT2D eigenvalue weighted by atomic mass is 79.9. The maximum absolute atomic E-state index is 12.0. The Morgan fingerprint density at radius 1 is 1.18 bits per heavy atom. The summed E-state index contributed by atoms with van der Waals surface area (Å²) in [5, 5.41) is 0. The second-order valence-corrected chi connectivity index (χ2v) is 5.77. The van der Waals surface area contributed by atoms with E-state index >= 15 is 0 Å². The van der Waals surface area contributed by atoms with Crippen molar-refractivity contribution in [3.8, 4) is 0 Å². The molecule has 0 saturated carbocycles. The topological polar surface area (TPSA) is 44.8 Å². The molecule has 96 valence electrons. The molecule has 0 aromatic heterocycles. The molecule has 0 aliphatic heterocycles. The first kappa shape index (κ1) is 14.9. The van der Waals surface area contributed by atoms with Gasteiger partial charge < -0.3 is 0 Å². The van der Waals surface area contributed by atoms with Crippen LogP contribution < -0.4 is 0 Å². The van der Waals surface area contributed by atoms with Gasteiger partial charge in [0.1, 0.15) is 0 Å². The summed E-state index contributed by atoms with van der Waals surface area (Å²) in [7, 11) is -3.42. The third kappa shape index (κ3) is 5.32. The van der Waals surface area contributed by atoms with Crippen molar-refractivity contribution < 1.29 is 18.1 Å². The van der Waals surface area contributed by atoms with E-state index in [1.807, 2.05) is 24.3 Å². The lowest BCUT2D eigenvalue weighted by atomic mass is 10.2. The van der Waals surface area contributed by atoms with Crippen LogP contribution in [0.15, 0.2) is 28.7 Å². The Balaban J connectivity index is 2.60. The fraction of sp³-hybridized carbons (Fsp3) is 0.455. The molecule has 0 fully saturated rings. The van der Waals surface area contributed by atoms with E-state index in [1.165, 1.54) is 0 Å². The van der Waals surface area contributed by atoms with Crippen LogP contribution in [0.1, 0.15) is 19.4 Å². The fourth-order valence-corrected chi connectivity index (χ4v) is 2.82. The van der Waals surface area contributed by atoms with Gasteiger partial charge in [-0.15, -0.1) is 0 Å². The molecule has 0 saturated heterocycles. The molecular weight excluding hydrogens is 307 g/mol. The van der Waals surface area contributed by atoms with Crippen LogP contribution in [0, 0.1) is 0 Å². The Bertz CT molecular complexity index is 387. The predicted octanol–water partition coefficient (Wildman–Crippen LogP) is 4.15. The molecule has 6 heteroatoms. The van der Waals surface area contributed by atoms with E-state index in [9.17, 15) is 4.57 Å². The Kier molecular flexibility index (Phi) is 6.38. The molecule has 17 heavy (non-hydrogen) atoms. The highest BCUT2D eigenvalue weighted by molar-refractivity contribution is 9.10. The van der Waals surface area contributed by atoms with Crippen molar-refractivity contribution in [2.24, 2.45) is 0 Å². The normalized spacial score (nSPS) is 11.7. The average molecular weight is 323 g/mol. The van der Waals surface area contributed by atoms with E-state index in [0.717, 1.165) is 10.0 Å². The van der Waals surface area contributed by atoms with E-state index in [2.05, 4.69) is 15.9 Å². The maximum atomic E-state index is 12.0. The Labute approximate surface area is 110 Å². The van der Waals surface area contributed by atoms with Gasteiger partial charge in [-0.25, -0.2) is 4.57 Å². The number of halogens is 1. The minimum Gasteiger partial charge on any atom is -0.287 e. The number of phosphoric ester groups is 1. The van der Waals surface area contributed by atoms with E-state index in [4.69, 9.17) is 13.6 Å². The van der Waals surface area contributed by atoms with Crippen LogP contribution in [0.25, 0.3) is 0 Å². The molecule has 0 spiro atoms. The lowest BCUT2D eigenvalue weighted by Crippen LogP contribution is -2.00. The highest BCUT2D eigenvalue weighted by Crippen LogP contribution is 2.49. The lowest BCUT2D eigenvalue weighted by Gasteiger charge is -2.16. The molecule has 0 radical (unpaired) electrons. The monoisotopic (exact) mass is 322 g/mol. The first-order valence-electron chi connectivity index (χ1n) is 5.37. The van der Waals surface area contributed by atoms with Crippen LogP contribution in [-0.2, 0) is 24.7 Å². The molecule has 4 nitrogen and oxygen atoms in total. The summed E-state index contributed by atoms with van der Waals surface area (Å²) in [5.74, 6) is 0. The number of hydrogen-bond donors (Lipinski definition) is 0. The maximum Gasteiger partial charge on any atom is 0.475 e. The summed E-state index contributed by atoms with van der Waals surface area (Å²) in [6.45, 7) is 4.25. The first-order chi connectivity index (χ1) is 8.09. The van der Waals surface area contributed by atoms with Crippen LogP contribution >= 0.6 is 23.8 Å². The van der Waals surface area contributed by atoms with Crippen molar-refractivity contribution in [3.05, 3.63) is 34.3 Å². The zero-order valence-corrected chi connectivity index (χ0v) is 12.4. The van der Waals surface area contributed by atoms with E-state index < -0.39 is 7.82 Å². The molecule has 1 aromatic carbocycles. The largest absolute Gasteiger partial charge is 0.475 e. The van der Waals surface area contributed by atoms with Gasteiger partial charge in [-0.05, 0) is 31.5 Å². The summed E-state index contributed by atoms with van der Waals surface area (Å²) in [6, 6.07) is 7.57. The van der Waals surface area contributed by atoms with Crippen molar-refractivity contribution in [3.63, 3.8) is 0 Å². The molecule has 0 aliphatic carbocycles. The lowest BCUT2D eigenvalue weighted by molar-refractivity contribution is 0.116. The van der Waals surface area contributed by atoms with Crippen molar-refractivity contribution in [2.45, 2.75) is 20.5 Å². The van der Waals surface area contributed by atoms with Gasteiger partial charge in [0.25, 0.3) is 0 Å². The van der Waals surface area contributed by atoms with Gasteiger partial charge in [-0.2, -0.15) is 0 Å². The first-order valence-corrected chi connectivity index (χ1v) is 7.63. The molecule has 0 amide bonds. The van der Waals surface area contributed by atoms with Gasteiger partial charge in [0.2, 0.25) is 0 Å². The second kappa shape index (κ2) is 7.29. The summed E-state index contributed by atoms with van der Waals surface area (Å²) in [5.41, 5.74) is 0.902. The van der Waals surface area contributed by atoms with Crippen molar-refractivity contribution in [1.29, 1.82) is 0 Å². The summed E-state index contributed by atoms with van der Waals surface area (Å²) in [4.78, 5) is 0. The van der Waals surface area contributed by atoms with Crippen LogP contribution in [0.3, 0.4) is 0 Å². The van der Waals surface area contributed by atoms with Crippen LogP contribution in [0.5, 0.6) is 0 Å².